The van der Waals surface area contributed by atoms with Crippen molar-refractivity contribution in [1.29, 1.82) is 0 Å². The van der Waals surface area contributed by atoms with E-state index in [1.807, 2.05) is 23.1 Å². The smallest absolute Gasteiger partial charge is 0.351 e. The largest absolute Gasteiger partial charge is 0.416 e. The maximum absolute atomic E-state index is 13.5. The highest BCUT2D eigenvalue weighted by molar-refractivity contribution is 7.80. The molecule has 6 nitrogen and oxygen atoms in total. The minimum Gasteiger partial charge on any atom is -0.351 e. The quantitative estimate of drug-likeness (QED) is 0.233. The zero-order chi connectivity index (χ0) is 28.6. The van der Waals surface area contributed by atoms with Crippen molar-refractivity contribution in [2.24, 2.45) is 5.92 Å². The number of hydrogen-bond acceptors (Lipinski definition) is 3. The topological polar surface area (TPSA) is 62.2 Å². The summed E-state index contributed by atoms with van der Waals surface area (Å²) in [4.78, 5) is 18.6. The van der Waals surface area contributed by atoms with Gasteiger partial charge in [-0.1, -0.05) is 37.6 Å². The van der Waals surface area contributed by atoms with E-state index in [-0.39, 0.29) is 11.8 Å². The molecule has 206 valence electrons. The third-order valence-corrected chi connectivity index (χ3v) is 7.27. The van der Waals surface area contributed by atoms with Gasteiger partial charge in [0.15, 0.2) is 5.11 Å². The van der Waals surface area contributed by atoms with Gasteiger partial charge < -0.3 is 20.1 Å². The highest BCUT2D eigenvalue weighted by atomic mass is 35.5. The zero-order valence-electron chi connectivity index (χ0n) is 21.5. The summed E-state index contributed by atoms with van der Waals surface area (Å²) in [6.45, 7) is 3.57. The number of pyridine rings is 1. The minimum atomic E-state index is -4.48. The van der Waals surface area contributed by atoms with Gasteiger partial charge in [0, 0.05) is 35.4 Å². The number of amides is 1. The van der Waals surface area contributed by atoms with Crippen LogP contribution in [-0.4, -0.2) is 20.6 Å². The molecule has 0 radical (unpaired) electrons. The Labute approximate surface area is 239 Å². The summed E-state index contributed by atoms with van der Waals surface area (Å²) in [6.07, 6.45) is -1.09. The molecule has 3 heterocycles. The first kappa shape index (κ1) is 27.7. The van der Waals surface area contributed by atoms with Crippen LogP contribution in [0.5, 0.6) is 0 Å². The Morgan fingerprint density at radius 2 is 1.85 bits per heavy atom. The normalized spacial score (nSPS) is 17.3. The predicted molar refractivity (Wildman–Crippen MR) is 154 cm³/mol. The van der Waals surface area contributed by atoms with Crippen LogP contribution in [-0.2, 0) is 11.0 Å². The Balaban J connectivity index is 1.61. The van der Waals surface area contributed by atoms with E-state index >= 15 is 0 Å². The van der Waals surface area contributed by atoms with Crippen molar-refractivity contribution in [3.8, 4) is 5.69 Å². The minimum absolute atomic E-state index is 0.167. The van der Waals surface area contributed by atoms with E-state index in [2.05, 4.69) is 15.6 Å². The number of aromatic nitrogens is 2. The van der Waals surface area contributed by atoms with Gasteiger partial charge >= 0.3 is 6.18 Å². The van der Waals surface area contributed by atoms with Gasteiger partial charge in [-0.25, -0.2) is 0 Å². The predicted octanol–water partition coefficient (Wildman–Crippen LogP) is 7.32. The Morgan fingerprint density at radius 1 is 1.05 bits per heavy atom. The van der Waals surface area contributed by atoms with Crippen molar-refractivity contribution in [3.05, 3.63) is 107 Å². The lowest BCUT2D eigenvalue weighted by molar-refractivity contribution is -0.137. The van der Waals surface area contributed by atoms with Gasteiger partial charge in [0.25, 0.3) is 0 Å². The third-order valence-electron chi connectivity index (χ3n) is 6.65. The van der Waals surface area contributed by atoms with Crippen LogP contribution < -0.4 is 15.5 Å². The third kappa shape index (κ3) is 5.41. The molecular weight excluding hydrogens is 559 g/mol. The molecule has 4 aromatic rings. The van der Waals surface area contributed by atoms with E-state index in [1.165, 1.54) is 6.07 Å². The molecule has 2 N–H and O–H groups in total. The number of benzene rings is 2. The fourth-order valence-electron chi connectivity index (χ4n) is 4.67. The van der Waals surface area contributed by atoms with Gasteiger partial charge in [-0.2, -0.15) is 13.2 Å². The second-order valence-corrected chi connectivity index (χ2v) is 10.4. The van der Waals surface area contributed by atoms with Crippen LogP contribution in [0.4, 0.5) is 24.5 Å². The molecule has 0 spiro atoms. The van der Waals surface area contributed by atoms with Crippen LogP contribution in [0.2, 0.25) is 5.02 Å². The summed E-state index contributed by atoms with van der Waals surface area (Å²) in [5.41, 5.74) is 2.13. The highest BCUT2D eigenvalue weighted by Gasteiger charge is 2.42. The monoisotopic (exact) mass is 583 g/mol. The van der Waals surface area contributed by atoms with Crippen molar-refractivity contribution < 1.29 is 18.0 Å². The maximum atomic E-state index is 13.5. The Bertz CT molecular complexity index is 1560. The molecule has 0 saturated carbocycles. The number of rotatable bonds is 6. The molecule has 0 bridgehead atoms. The molecule has 11 heteroatoms. The van der Waals surface area contributed by atoms with E-state index in [9.17, 15) is 18.0 Å². The first-order chi connectivity index (χ1) is 19.0. The van der Waals surface area contributed by atoms with E-state index in [0.717, 1.165) is 12.1 Å². The number of alkyl halides is 3. The van der Waals surface area contributed by atoms with Crippen LogP contribution in [0, 0.1) is 5.92 Å². The number of thiocarbonyl (C=S) groups is 1. The van der Waals surface area contributed by atoms with Gasteiger partial charge in [0.2, 0.25) is 5.91 Å². The Kier molecular flexibility index (Phi) is 7.57. The molecule has 2 aromatic carbocycles. The molecular formula is C29H25ClF3N5OS. The molecule has 2 atom stereocenters. The van der Waals surface area contributed by atoms with Crippen LogP contribution in [0.1, 0.15) is 42.9 Å². The van der Waals surface area contributed by atoms with Crippen molar-refractivity contribution >= 4 is 46.2 Å². The highest BCUT2D eigenvalue weighted by Crippen LogP contribution is 2.43. The van der Waals surface area contributed by atoms with Crippen LogP contribution in [0.25, 0.3) is 5.69 Å². The number of nitrogens with zero attached hydrogens (tertiary/aromatic N) is 3. The lowest BCUT2D eigenvalue weighted by Crippen LogP contribution is -2.30. The Morgan fingerprint density at radius 3 is 2.52 bits per heavy atom. The second-order valence-electron chi connectivity index (χ2n) is 9.66. The van der Waals surface area contributed by atoms with Gasteiger partial charge in [-0.15, -0.1) is 0 Å². The van der Waals surface area contributed by atoms with E-state index in [4.69, 9.17) is 23.8 Å². The standard InChI is InChI=1S/C29H25ClF3N5OS/c1-17(2)27(39)35-22-12-11-20(16-21(22)30)38-26(25(36-28(38)40)23-9-3-4-13-34-23)24-10-6-14-37(24)19-8-5-7-18(15-19)29(31,32)33/h3-17,25-26H,1-2H3,(H,35,39)(H,36,40). The van der Waals surface area contributed by atoms with Crippen LogP contribution in [0.3, 0.4) is 0 Å². The SMILES string of the molecule is CC(C)C(=O)Nc1ccc(N2C(=S)NC(c3ccccn3)C2c2cccn2-c2cccc(C(F)(F)F)c2)cc1Cl. The van der Waals surface area contributed by atoms with Gasteiger partial charge in [0.05, 0.1) is 28.0 Å². The number of anilines is 2. The van der Waals surface area contributed by atoms with Gasteiger partial charge in [-0.3, -0.25) is 9.78 Å². The fraction of sp³-hybridized carbons (Fsp3) is 0.207. The molecule has 0 aliphatic carbocycles. The van der Waals surface area contributed by atoms with Crippen molar-refractivity contribution in [3.63, 3.8) is 0 Å². The van der Waals surface area contributed by atoms with Crippen LogP contribution >= 0.6 is 23.8 Å². The lowest BCUT2D eigenvalue weighted by atomic mass is 10.0. The average molecular weight is 584 g/mol. The molecule has 1 fully saturated rings. The molecule has 1 saturated heterocycles. The molecule has 1 aliphatic rings. The van der Waals surface area contributed by atoms with E-state index in [0.29, 0.717) is 38.6 Å². The van der Waals surface area contributed by atoms with Crippen molar-refractivity contribution in [2.75, 3.05) is 10.2 Å². The summed E-state index contributed by atoms with van der Waals surface area (Å²) in [5, 5.41) is 6.88. The molecule has 2 aromatic heterocycles. The molecule has 40 heavy (non-hydrogen) atoms. The molecule has 1 amide bonds. The maximum Gasteiger partial charge on any atom is 0.416 e. The first-order valence-corrected chi connectivity index (χ1v) is 13.3. The molecule has 1 aliphatic heterocycles. The molecule has 2 unspecified atom stereocenters. The van der Waals surface area contributed by atoms with Gasteiger partial charge in [-0.05, 0) is 72.9 Å². The van der Waals surface area contributed by atoms with E-state index in [1.54, 1.807) is 67.2 Å². The summed E-state index contributed by atoms with van der Waals surface area (Å²) < 4.78 is 42.3. The van der Waals surface area contributed by atoms with Crippen molar-refractivity contribution in [1.82, 2.24) is 14.9 Å². The number of nitrogens with one attached hydrogen (secondary N) is 2. The number of hydrogen-bond donors (Lipinski definition) is 2. The fourth-order valence-corrected chi connectivity index (χ4v) is 5.24. The average Bonchev–Trinajstić information content (AvgIpc) is 3.54. The number of carbonyl (C=O) groups is 1. The van der Waals surface area contributed by atoms with Crippen LogP contribution in [0.15, 0.2) is 85.2 Å². The second kappa shape index (κ2) is 10.9. The lowest BCUT2D eigenvalue weighted by Gasteiger charge is -2.29. The summed E-state index contributed by atoms with van der Waals surface area (Å²) >= 11 is 12.4. The summed E-state index contributed by atoms with van der Waals surface area (Å²) in [5.74, 6) is -0.390. The number of halogens is 4. The summed E-state index contributed by atoms with van der Waals surface area (Å²) in [6, 6.07) is 18.6. The van der Waals surface area contributed by atoms with Crippen molar-refractivity contribution in [2.45, 2.75) is 32.1 Å². The summed E-state index contributed by atoms with van der Waals surface area (Å²) in [7, 11) is 0. The zero-order valence-corrected chi connectivity index (χ0v) is 23.1. The number of carbonyl (C=O) groups excluding carboxylic acids is 1. The molecule has 5 rings (SSSR count). The first-order valence-electron chi connectivity index (χ1n) is 12.5. The van der Waals surface area contributed by atoms with Gasteiger partial charge in [0.1, 0.15) is 6.04 Å². The Hall–Kier alpha value is -3.89. The van der Waals surface area contributed by atoms with E-state index < -0.39 is 23.8 Å².